The number of rotatable bonds is 1. The van der Waals surface area contributed by atoms with Gasteiger partial charge in [0, 0.05) is 18.3 Å². The molecule has 0 fully saturated rings. The molecule has 0 bridgehead atoms. The van der Waals surface area contributed by atoms with Crippen LogP contribution in [0.1, 0.15) is 17.7 Å². The zero-order valence-corrected chi connectivity index (χ0v) is 11.2. The fraction of sp³-hybridized carbons (Fsp3) is 0.267. The molecule has 2 heterocycles. The molecular weight excluding hydrogens is 252 g/mol. The van der Waals surface area contributed by atoms with Crippen LogP contribution < -0.4 is 10.9 Å². The van der Waals surface area contributed by atoms with E-state index in [0.717, 1.165) is 36.3 Å². The summed E-state index contributed by atoms with van der Waals surface area (Å²) in [6.07, 6.45) is 2.93. The number of anilines is 1. The lowest BCUT2D eigenvalue weighted by molar-refractivity contribution is 0.874. The summed E-state index contributed by atoms with van der Waals surface area (Å²) in [6, 6.07) is 7.43. The van der Waals surface area contributed by atoms with Crippen LogP contribution >= 0.6 is 0 Å². The fourth-order valence-corrected chi connectivity index (χ4v) is 3.04. The van der Waals surface area contributed by atoms with Gasteiger partial charge in [0.25, 0.3) is 5.56 Å². The minimum Gasteiger partial charge on any atom is -0.373 e. The predicted octanol–water partition coefficient (Wildman–Crippen LogP) is 1.77. The SMILES string of the molecule is CNc1nc2nc3ccccc3c(=O)n2c2c1CCC2. The molecule has 0 amide bonds. The summed E-state index contributed by atoms with van der Waals surface area (Å²) < 4.78 is 1.69. The summed E-state index contributed by atoms with van der Waals surface area (Å²) in [5, 5.41) is 3.77. The number of hydrogen-bond acceptors (Lipinski definition) is 4. The minimum atomic E-state index is -0.0149. The van der Waals surface area contributed by atoms with Gasteiger partial charge in [0.1, 0.15) is 5.82 Å². The van der Waals surface area contributed by atoms with Crippen molar-refractivity contribution >= 4 is 22.5 Å². The van der Waals surface area contributed by atoms with Crippen LogP contribution in [0.3, 0.4) is 0 Å². The quantitative estimate of drug-likeness (QED) is 0.682. The molecular formula is C15H14N4O. The molecule has 1 aliphatic rings. The lowest BCUT2D eigenvalue weighted by atomic mass is 10.2. The molecule has 1 aromatic carbocycles. The van der Waals surface area contributed by atoms with Gasteiger partial charge in [-0.2, -0.15) is 4.98 Å². The topological polar surface area (TPSA) is 59.3 Å². The first-order chi connectivity index (χ1) is 9.79. The zero-order valence-electron chi connectivity index (χ0n) is 11.2. The normalized spacial score (nSPS) is 13.8. The van der Waals surface area contributed by atoms with Gasteiger partial charge in [-0.15, -0.1) is 0 Å². The third-order valence-electron chi connectivity index (χ3n) is 3.95. The number of fused-ring (bicyclic) bond motifs is 4. The molecule has 1 aliphatic carbocycles. The average molecular weight is 266 g/mol. The highest BCUT2D eigenvalue weighted by atomic mass is 16.1. The van der Waals surface area contributed by atoms with Gasteiger partial charge in [-0.05, 0) is 31.4 Å². The minimum absolute atomic E-state index is 0.0149. The fourth-order valence-electron chi connectivity index (χ4n) is 3.04. The number of nitrogens with zero attached hydrogens (tertiary/aromatic N) is 3. The standard InChI is InChI=1S/C15H14N4O/c1-16-13-10-6-4-8-12(10)19-14(20)9-5-2-3-7-11(9)17-15(19)18-13/h2-3,5,7H,4,6,8H2,1H3,(H,16,17,18). The largest absolute Gasteiger partial charge is 0.373 e. The second-order valence-electron chi connectivity index (χ2n) is 5.06. The van der Waals surface area contributed by atoms with E-state index in [-0.39, 0.29) is 5.56 Å². The van der Waals surface area contributed by atoms with Gasteiger partial charge in [0.15, 0.2) is 0 Å². The number of aromatic nitrogens is 3. The van der Waals surface area contributed by atoms with E-state index in [1.165, 1.54) is 0 Å². The molecule has 0 unspecified atom stereocenters. The number of aryl methyl sites for hydroxylation is 1. The summed E-state index contributed by atoms with van der Waals surface area (Å²) in [6.45, 7) is 0. The first kappa shape index (κ1) is 11.4. The monoisotopic (exact) mass is 266 g/mol. The van der Waals surface area contributed by atoms with Crippen LogP contribution in [0.2, 0.25) is 0 Å². The maximum atomic E-state index is 12.7. The molecule has 1 N–H and O–H groups in total. The molecule has 0 aliphatic heterocycles. The number of benzene rings is 1. The van der Waals surface area contributed by atoms with Crippen LogP contribution in [0.5, 0.6) is 0 Å². The van der Waals surface area contributed by atoms with Crippen LogP contribution in [0.4, 0.5) is 5.82 Å². The Morgan fingerprint density at radius 1 is 1.20 bits per heavy atom. The van der Waals surface area contributed by atoms with Gasteiger partial charge in [0.05, 0.1) is 10.9 Å². The molecule has 0 saturated carbocycles. The van der Waals surface area contributed by atoms with Crippen LogP contribution in [0, 0.1) is 0 Å². The molecule has 4 rings (SSSR count). The van der Waals surface area contributed by atoms with Gasteiger partial charge >= 0.3 is 0 Å². The van der Waals surface area contributed by atoms with Gasteiger partial charge in [0.2, 0.25) is 5.78 Å². The van der Waals surface area contributed by atoms with Gasteiger partial charge < -0.3 is 5.32 Å². The smallest absolute Gasteiger partial charge is 0.267 e. The Bertz CT molecular complexity index is 898. The highest BCUT2D eigenvalue weighted by Gasteiger charge is 2.21. The van der Waals surface area contributed by atoms with E-state index in [0.29, 0.717) is 16.7 Å². The summed E-state index contributed by atoms with van der Waals surface area (Å²) >= 11 is 0. The van der Waals surface area contributed by atoms with Crippen molar-refractivity contribution in [2.75, 3.05) is 12.4 Å². The van der Waals surface area contributed by atoms with E-state index in [1.807, 2.05) is 31.3 Å². The van der Waals surface area contributed by atoms with Crippen molar-refractivity contribution in [1.29, 1.82) is 0 Å². The van der Waals surface area contributed by atoms with Crippen molar-refractivity contribution in [2.45, 2.75) is 19.3 Å². The number of hydrogen-bond donors (Lipinski definition) is 1. The van der Waals surface area contributed by atoms with Crippen LogP contribution in [0.15, 0.2) is 29.1 Å². The van der Waals surface area contributed by atoms with Crippen LogP contribution in [0.25, 0.3) is 16.7 Å². The molecule has 0 saturated heterocycles. The predicted molar refractivity (Wildman–Crippen MR) is 78.3 cm³/mol. The van der Waals surface area contributed by atoms with Crippen molar-refractivity contribution < 1.29 is 0 Å². The summed E-state index contributed by atoms with van der Waals surface area (Å²) in [7, 11) is 1.86. The van der Waals surface area contributed by atoms with E-state index >= 15 is 0 Å². The maximum absolute atomic E-state index is 12.7. The second-order valence-corrected chi connectivity index (χ2v) is 5.06. The van der Waals surface area contributed by atoms with E-state index < -0.39 is 0 Å². The molecule has 3 aromatic rings. The molecule has 5 nitrogen and oxygen atoms in total. The lowest BCUT2D eigenvalue weighted by Gasteiger charge is -2.11. The van der Waals surface area contributed by atoms with Crippen molar-refractivity contribution in [1.82, 2.24) is 14.4 Å². The molecule has 0 radical (unpaired) electrons. The van der Waals surface area contributed by atoms with Crippen molar-refractivity contribution in [3.63, 3.8) is 0 Å². The Morgan fingerprint density at radius 3 is 2.90 bits per heavy atom. The zero-order chi connectivity index (χ0) is 13.7. The molecule has 5 heteroatoms. The number of nitrogens with one attached hydrogen (secondary N) is 1. The van der Waals surface area contributed by atoms with Gasteiger partial charge in [-0.3, -0.25) is 4.79 Å². The maximum Gasteiger partial charge on any atom is 0.267 e. The molecule has 0 spiro atoms. The third-order valence-corrected chi connectivity index (χ3v) is 3.95. The van der Waals surface area contributed by atoms with Crippen LogP contribution in [-0.2, 0) is 12.8 Å². The first-order valence-electron chi connectivity index (χ1n) is 6.80. The molecule has 100 valence electrons. The average Bonchev–Trinajstić information content (AvgIpc) is 2.95. The molecule has 2 aromatic heterocycles. The summed E-state index contributed by atoms with van der Waals surface area (Å²) in [4.78, 5) is 21.8. The highest BCUT2D eigenvalue weighted by Crippen LogP contribution is 2.27. The van der Waals surface area contributed by atoms with Crippen molar-refractivity contribution in [3.8, 4) is 0 Å². The second kappa shape index (κ2) is 4.03. The lowest BCUT2D eigenvalue weighted by Crippen LogP contribution is -2.21. The molecule has 0 atom stereocenters. The van der Waals surface area contributed by atoms with E-state index in [1.54, 1.807) is 4.40 Å². The van der Waals surface area contributed by atoms with E-state index in [9.17, 15) is 4.79 Å². The number of para-hydroxylation sites is 1. The summed E-state index contributed by atoms with van der Waals surface area (Å²) in [5.41, 5.74) is 2.89. The van der Waals surface area contributed by atoms with Crippen molar-refractivity contribution in [2.24, 2.45) is 0 Å². The Kier molecular flexibility index (Phi) is 2.30. The Hall–Kier alpha value is -2.43. The van der Waals surface area contributed by atoms with E-state index in [4.69, 9.17) is 0 Å². The van der Waals surface area contributed by atoms with Crippen LogP contribution in [-0.4, -0.2) is 21.4 Å². The van der Waals surface area contributed by atoms with Gasteiger partial charge in [-0.1, -0.05) is 12.1 Å². The Morgan fingerprint density at radius 2 is 2.05 bits per heavy atom. The summed E-state index contributed by atoms with van der Waals surface area (Å²) in [5.74, 6) is 1.33. The van der Waals surface area contributed by atoms with Gasteiger partial charge in [-0.25, -0.2) is 9.38 Å². The first-order valence-corrected chi connectivity index (χ1v) is 6.80. The van der Waals surface area contributed by atoms with E-state index in [2.05, 4.69) is 15.3 Å². The Balaban J connectivity index is 2.25. The third kappa shape index (κ3) is 1.40. The highest BCUT2D eigenvalue weighted by molar-refractivity contribution is 5.79. The molecule has 20 heavy (non-hydrogen) atoms. The Labute approximate surface area is 115 Å². The van der Waals surface area contributed by atoms with Crippen molar-refractivity contribution in [3.05, 3.63) is 45.9 Å².